The van der Waals surface area contributed by atoms with Crippen LogP contribution in [-0.2, 0) is 0 Å². The molecule has 2 heterocycles. The molecule has 0 spiro atoms. The van der Waals surface area contributed by atoms with E-state index < -0.39 is 0 Å². The van der Waals surface area contributed by atoms with Crippen LogP contribution in [0.15, 0.2) is 0 Å². The Hall–Kier alpha value is -0.0800. The molecule has 2 nitrogen and oxygen atoms in total. The molecule has 94 valence electrons. The van der Waals surface area contributed by atoms with Gasteiger partial charge < -0.3 is 5.32 Å². The van der Waals surface area contributed by atoms with Gasteiger partial charge >= 0.3 is 0 Å². The topological polar surface area (TPSA) is 15.3 Å². The molecule has 1 atom stereocenters. The Labute approximate surface area is 101 Å². The van der Waals surface area contributed by atoms with Crippen molar-refractivity contribution < 1.29 is 0 Å². The van der Waals surface area contributed by atoms with Crippen LogP contribution >= 0.6 is 0 Å². The number of rotatable bonds is 3. The van der Waals surface area contributed by atoms with Crippen LogP contribution in [0.1, 0.15) is 52.4 Å². The lowest BCUT2D eigenvalue weighted by atomic mass is 9.79. The van der Waals surface area contributed by atoms with E-state index in [4.69, 9.17) is 0 Å². The highest BCUT2D eigenvalue weighted by Gasteiger charge is 2.32. The number of hydrogen-bond donors (Lipinski definition) is 1. The van der Waals surface area contributed by atoms with Gasteiger partial charge in [-0.2, -0.15) is 0 Å². The molecule has 0 aromatic heterocycles. The van der Waals surface area contributed by atoms with Gasteiger partial charge in [0.15, 0.2) is 0 Å². The van der Waals surface area contributed by atoms with E-state index in [9.17, 15) is 0 Å². The van der Waals surface area contributed by atoms with Crippen molar-refractivity contribution >= 4 is 0 Å². The first-order valence-electron chi connectivity index (χ1n) is 7.18. The highest BCUT2D eigenvalue weighted by Crippen LogP contribution is 2.32. The first kappa shape index (κ1) is 12.4. The van der Waals surface area contributed by atoms with Crippen LogP contribution in [0, 0.1) is 5.41 Å². The number of hydrogen-bond acceptors (Lipinski definition) is 2. The van der Waals surface area contributed by atoms with E-state index in [1.165, 1.54) is 64.7 Å². The van der Waals surface area contributed by atoms with Crippen LogP contribution in [0.4, 0.5) is 0 Å². The molecule has 2 fully saturated rings. The zero-order valence-electron chi connectivity index (χ0n) is 11.1. The molecular formula is C14H28N2. The second-order valence-electron chi connectivity index (χ2n) is 6.09. The molecular weight excluding hydrogens is 196 g/mol. The maximum atomic E-state index is 3.48. The monoisotopic (exact) mass is 224 g/mol. The number of piperidine rings is 2. The van der Waals surface area contributed by atoms with Crippen molar-refractivity contribution in [2.75, 3.05) is 26.2 Å². The van der Waals surface area contributed by atoms with Crippen LogP contribution in [0.3, 0.4) is 0 Å². The van der Waals surface area contributed by atoms with Gasteiger partial charge in [-0.1, -0.05) is 20.3 Å². The van der Waals surface area contributed by atoms with E-state index in [-0.39, 0.29) is 0 Å². The summed E-state index contributed by atoms with van der Waals surface area (Å²) in [4.78, 5) is 2.79. The summed E-state index contributed by atoms with van der Waals surface area (Å²) in [6.45, 7) is 9.99. The van der Waals surface area contributed by atoms with Crippen LogP contribution in [0.2, 0.25) is 0 Å². The average molecular weight is 224 g/mol. The summed E-state index contributed by atoms with van der Waals surface area (Å²) in [5.41, 5.74) is 0.579. The summed E-state index contributed by atoms with van der Waals surface area (Å²) in [5.74, 6) is 0. The molecule has 2 rings (SSSR count). The SMILES string of the molecule is CCC1CCCCN1CC1(C)CCNCC1. The zero-order chi connectivity index (χ0) is 11.4. The van der Waals surface area contributed by atoms with Gasteiger partial charge in [0.2, 0.25) is 0 Å². The van der Waals surface area contributed by atoms with Gasteiger partial charge in [0.05, 0.1) is 0 Å². The minimum absolute atomic E-state index is 0.579. The molecule has 1 N–H and O–H groups in total. The molecule has 16 heavy (non-hydrogen) atoms. The Balaban J connectivity index is 1.90. The van der Waals surface area contributed by atoms with Crippen molar-refractivity contribution in [3.8, 4) is 0 Å². The molecule has 0 aromatic rings. The van der Waals surface area contributed by atoms with E-state index in [1.54, 1.807) is 0 Å². The average Bonchev–Trinajstić information content (AvgIpc) is 2.30. The first-order chi connectivity index (χ1) is 7.73. The van der Waals surface area contributed by atoms with Crippen molar-refractivity contribution in [2.24, 2.45) is 5.41 Å². The third-order valence-corrected chi connectivity index (χ3v) is 4.62. The van der Waals surface area contributed by atoms with Gasteiger partial charge in [0.1, 0.15) is 0 Å². The second kappa shape index (κ2) is 5.50. The van der Waals surface area contributed by atoms with Crippen molar-refractivity contribution in [2.45, 2.75) is 58.4 Å². The summed E-state index contributed by atoms with van der Waals surface area (Å²) < 4.78 is 0. The second-order valence-corrected chi connectivity index (χ2v) is 6.09. The minimum Gasteiger partial charge on any atom is -0.317 e. The molecule has 0 saturated carbocycles. The summed E-state index contributed by atoms with van der Waals surface area (Å²) in [6.07, 6.45) is 8.37. The fourth-order valence-corrected chi connectivity index (χ4v) is 3.41. The first-order valence-corrected chi connectivity index (χ1v) is 7.18. The van der Waals surface area contributed by atoms with Gasteiger partial charge in [-0.3, -0.25) is 4.90 Å². The standard InChI is InChI=1S/C14H28N2/c1-3-13-6-4-5-11-16(13)12-14(2)7-9-15-10-8-14/h13,15H,3-12H2,1-2H3. The van der Waals surface area contributed by atoms with Crippen molar-refractivity contribution in [3.05, 3.63) is 0 Å². The Morgan fingerprint density at radius 1 is 1.25 bits per heavy atom. The summed E-state index contributed by atoms with van der Waals surface area (Å²) in [7, 11) is 0. The molecule has 2 aliphatic rings. The minimum atomic E-state index is 0.579. The summed E-state index contributed by atoms with van der Waals surface area (Å²) in [5, 5.41) is 3.48. The molecule has 1 unspecified atom stereocenters. The van der Waals surface area contributed by atoms with Crippen molar-refractivity contribution in [3.63, 3.8) is 0 Å². The lowest BCUT2D eigenvalue weighted by molar-refractivity contribution is 0.0685. The molecule has 0 bridgehead atoms. The van der Waals surface area contributed by atoms with Crippen LogP contribution in [0.25, 0.3) is 0 Å². The molecule has 2 heteroatoms. The normalized spacial score (nSPS) is 31.5. The maximum absolute atomic E-state index is 3.48. The molecule has 0 radical (unpaired) electrons. The lowest BCUT2D eigenvalue weighted by Gasteiger charge is -2.43. The number of nitrogens with zero attached hydrogens (tertiary/aromatic N) is 1. The van der Waals surface area contributed by atoms with Gasteiger partial charge in [-0.25, -0.2) is 0 Å². The van der Waals surface area contributed by atoms with Crippen molar-refractivity contribution in [1.29, 1.82) is 0 Å². The lowest BCUT2D eigenvalue weighted by Crippen LogP contribution is -2.48. The Bertz CT molecular complexity index is 209. The zero-order valence-corrected chi connectivity index (χ0v) is 11.1. The third-order valence-electron chi connectivity index (χ3n) is 4.62. The molecule has 0 aromatic carbocycles. The quantitative estimate of drug-likeness (QED) is 0.793. The maximum Gasteiger partial charge on any atom is 0.00928 e. The third kappa shape index (κ3) is 2.98. The molecule has 2 saturated heterocycles. The predicted molar refractivity (Wildman–Crippen MR) is 69.7 cm³/mol. The Morgan fingerprint density at radius 3 is 2.69 bits per heavy atom. The van der Waals surface area contributed by atoms with Crippen molar-refractivity contribution in [1.82, 2.24) is 10.2 Å². The van der Waals surface area contributed by atoms with Gasteiger partial charge in [-0.15, -0.1) is 0 Å². The van der Waals surface area contributed by atoms with E-state index in [0.717, 1.165) is 6.04 Å². The molecule has 2 aliphatic heterocycles. The predicted octanol–water partition coefficient (Wildman–Crippen LogP) is 2.64. The highest BCUT2D eigenvalue weighted by molar-refractivity contribution is 4.87. The van der Waals surface area contributed by atoms with E-state index in [1.807, 2.05) is 0 Å². The smallest absolute Gasteiger partial charge is 0.00928 e. The van der Waals surface area contributed by atoms with E-state index >= 15 is 0 Å². The van der Waals surface area contributed by atoms with Crippen LogP contribution in [0.5, 0.6) is 0 Å². The van der Waals surface area contributed by atoms with Gasteiger partial charge in [0.25, 0.3) is 0 Å². The number of nitrogens with one attached hydrogen (secondary N) is 1. The largest absolute Gasteiger partial charge is 0.317 e. The van der Waals surface area contributed by atoms with Crippen LogP contribution < -0.4 is 5.32 Å². The van der Waals surface area contributed by atoms with E-state index in [2.05, 4.69) is 24.1 Å². The fraction of sp³-hybridized carbons (Fsp3) is 1.00. The van der Waals surface area contributed by atoms with E-state index in [0.29, 0.717) is 5.41 Å². The molecule has 0 amide bonds. The van der Waals surface area contributed by atoms with Gasteiger partial charge in [0, 0.05) is 12.6 Å². The molecule has 0 aliphatic carbocycles. The summed E-state index contributed by atoms with van der Waals surface area (Å²) >= 11 is 0. The Morgan fingerprint density at radius 2 is 2.00 bits per heavy atom. The van der Waals surface area contributed by atoms with Crippen LogP contribution in [-0.4, -0.2) is 37.1 Å². The van der Waals surface area contributed by atoms with Gasteiger partial charge in [-0.05, 0) is 57.2 Å². The number of likely N-dealkylation sites (tertiary alicyclic amines) is 1. The summed E-state index contributed by atoms with van der Waals surface area (Å²) in [6, 6.07) is 0.875. The highest BCUT2D eigenvalue weighted by atomic mass is 15.2. The Kier molecular flexibility index (Phi) is 4.26. The fourth-order valence-electron chi connectivity index (χ4n) is 3.41.